The third kappa shape index (κ3) is 2.53. The summed E-state index contributed by atoms with van der Waals surface area (Å²) in [5, 5.41) is 0. The van der Waals surface area contributed by atoms with E-state index in [9.17, 15) is 9.59 Å². The molecule has 146 valence electrons. The lowest BCUT2D eigenvalue weighted by atomic mass is 9.48. The number of rotatable bonds is 2. The molecule has 1 aromatic rings. The van der Waals surface area contributed by atoms with Gasteiger partial charge in [0.2, 0.25) is 0 Å². The summed E-state index contributed by atoms with van der Waals surface area (Å²) in [6, 6.07) is 10.3. The Morgan fingerprint density at radius 1 is 0.964 bits per heavy atom. The first kappa shape index (κ1) is 18.1. The predicted molar refractivity (Wildman–Crippen MR) is 111 cm³/mol. The third-order valence-corrected chi connectivity index (χ3v) is 8.69. The highest BCUT2D eigenvalue weighted by atomic mass is 16.1. The van der Waals surface area contributed by atoms with Gasteiger partial charge in [-0.15, -0.1) is 0 Å². The predicted octanol–water partition coefficient (Wildman–Crippen LogP) is 5.48. The van der Waals surface area contributed by atoms with Gasteiger partial charge in [0.25, 0.3) is 0 Å². The van der Waals surface area contributed by atoms with E-state index in [4.69, 9.17) is 0 Å². The molecule has 28 heavy (non-hydrogen) atoms. The van der Waals surface area contributed by atoms with Crippen LogP contribution in [0, 0.1) is 28.6 Å². The summed E-state index contributed by atoms with van der Waals surface area (Å²) in [6.07, 6.45) is 11.2. The van der Waals surface area contributed by atoms with Crippen molar-refractivity contribution in [2.75, 3.05) is 0 Å². The normalized spacial score (nSPS) is 39.6. The van der Waals surface area contributed by atoms with Crippen LogP contribution in [-0.2, 0) is 16.0 Å². The number of ketones is 2. The van der Waals surface area contributed by atoms with Crippen molar-refractivity contribution in [3.63, 3.8) is 0 Å². The third-order valence-electron chi connectivity index (χ3n) is 8.69. The van der Waals surface area contributed by atoms with E-state index in [1.807, 2.05) is 24.3 Å². The summed E-state index contributed by atoms with van der Waals surface area (Å²) in [7, 11) is 0. The van der Waals surface area contributed by atoms with Crippen molar-refractivity contribution < 1.29 is 9.59 Å². The van der Waals surface area contributed by atoms with E-state index >= 15 is 0 Å². The molecular weight excluding hydrogens is 344 g/mol. The second-order valence-corrected chi connectivity index (χ2v) is 9.98. The van der Waals surface area contributed by atoms with E-state index in [0.29, 0.717) is 23.5 Å². The summed E-state index contributed by atoms with van der Waals surface area (Å²) >= 11 is 0. The van der Waals surface area contributed by atoms with Crippen molar-refractivity contribution in [2.45, 2.75) is 58.8 Å². The molecule has 0 saturated heterocycles. The minimum atomic E-state index is -0.0835. The molecule has 0 amide bonds. The smallest absolute Gasteiger partial charge is 0.181 e. The Labute approximate surface area is 168 Å². The van der Waals surface area contributed by atoms with Gasteiger partial charge in [-0.25, -0.2) is 0 Å². The minimum Gasteiger partial charge on any atom is -0.299 e. The maximum absolute atomic E-state index is 12.8. The van der Waals surface area contributed by atoms with Crippen molar-refractivity contribution >= 4 is 11.6 Å². The average molecular weight is 375 g/mol. The summed E-state index contributed by atoms with van der Waals surface area (Å²) < 4.78 is 0. The summed E-state index contributed by atoms with van der Waals surface area (Å²) in [4.78, 5) is 25.4. The highest BCUT2D eigenvalue weighted by molar-refractivity contribution is 6.06. The molecule has 4 aliphatic carbocycles. The number of allylic oxidation sites excluding steroid dienone is 4. The molecule has 0 bridgehead atoms. The topological polar surface area (TPSA) is 34.1 Å². The zero-order chi connectivity index (χ0) is 19.5. The Kier molecular flexibility index (Phi) is 4.05. The number of carbonyl (C=O) groups excluding carboxylic acids is 2. The first-order valence-electron chi connectivity index (χ1n) is 11.0. The summed E-state index contributed by atoms with van der Waals surface area (Å²) in [6.45, 7) is 4.60. The fraction of sp³-hybridized carbons (Fsp3) is 0.538. The van der Waals surface area contributed by atoms with E-state index in [1.165, 1.54) is 11.1 Å². The van der Waals surface area contributed by atoms with E-state index in [-0.39, 0.29) is 16.6 Å². The quantitative estimate of drug-likeness (QED) is 0.687. The first-order valence-corrected chi connectivity index (χ1v) is 11.0. The Morgan fingerprint density at radius 2 is 1.75 bits per heavy atom. The molecule has 1 aromatic carbocycles. The van der Waals surface area contributed by atoms with Crippen LogP contribution < -0.4 is 0 Å². The summed E-state index contributed by atoms with van der Waals surface area (Å²) in [5.74, 6) is 2.43. The van der Waals surface area contributed by atoms with Crippen molar-refractivity contribution in [2.24, 2.45) is 28.6 Å². The molecular formula is C26H30O2. The van der Waals surface area contributed by atoms with Crippen LogP contribution in [0.3, 0.4) is 0 Å². The van der Waals surface area contributed by atoms with Gasteiger partial charge < -0.3 is 0 Å². The van der Waals surface area contributed by atoms with Crippen LogP contribution in [0.15, 0.2) is 53.6 Å². The van der Waals surface area contributed by atoms with Crippen molar-refractivity contribution in [3.05, 3.63) is 59.2 Å². The molecule has 2 nitrogen and oxygen atoms in total. The van der Waals surface area contributed by atoms with Gasteiger partial charge in [-0.05, 0) is 61.5 Å². The lowest BCUT2D eigenvalue weighted by Crippen LogP contribution is -2.50. The van der Waals surface area contributed by atoms with Gasteiger partial charge >= 0.3 is 0 Å². The van der Waals surface area contributed by atoms with Gasteiger partial charge in [-0.3, -0.25) is 9.59 Å². The molecule has 2 heteroatoms. The SMILES string of the molecule is C[C@]12C=C(Cc3ccccc3)C(=O)C=C1CC[C@@H]1[C@@H]2CC[C@]2(C)C(=O)CC[C@@H]12. The van der Waals surface area contributed by atoms with Crippen LogP contribution in [0.25, 0.3) is 0 Å². The van der Waals surface area contributed by atoms with Crippen LogP contribution in [0.4, 0.5) is 0 Å². The molecule has 3 fully saturated rings. The largest absolute Gasteiger partial charge is 0.299 e. The van der Waals surface area contributed by atoms with Gasteiger partial charge in [0.1, 0.15) is 5.78 Å². The van der Waals surface area contributed by atoms with E-state index < -0.39 is 0 Å². The Balaban J connectivity index is 1.49. The molecule has 0 spiro atoms. The monoisotopic (exact) mass is 374 g/mol. The lowest BCUT2D eigenvalue weighted by Gasteiger charge is -2.55. The van der Waals surface area contributed by atoms with Gasteiger partial charge in [-0.2, -0.15) is 0 Å². The number of fused-ring (bicyclic) bond motifs is 5. The number of benzene rings is 1. The zero-order valence-corrected chi connectivity index (χ0v) is 17.0. The number of hydrogen-bond acceptors (Lipinski definition) is 2. The molecule has 4 aliphatic rings. The van der Waals surface area contributed by atoms with E-state index in [1.54, 1.807) is 0 Å². The fourth-order valence-electron chi connectivity index (χ4n) is 7.10. The number of hydrogen-bond donors (Lipinski definition) is 0. The number of carbonyl (C=O) groups is 2. The standard InChI is InChI=1S/C26H30O2/c1-25-13-12-22-20(21(25)10-11-24(25)28)9-8-19-15-23(27)18(16-26(19,22)2)14-17-6-4-3-5-7-17/h3-7,15-16,20-22H,8-14H2,1-2H3/t20-,21-,22-,25-,26-/m0/s1. The van der Waals surface area contributed by atoms with Gasteiger partial charge in [-0.1, -0.05) is 55.8 Å². The second kappa shape index (κ2) is 6.27. The molecule has 3 saturated carbocycles. The maximum atomic E-state index is 12.8. The Morgan fingerprint density at radius 3 is 2.54 bits per heavy atom. The van der Waals surface area contributed by atoms with Gasteiger partial charge in [0.05, 0.1) is 0 Å². The summed E-state index contributed by atoms with van der Waals surface area (Å²) in [5.41, 5.74) is 3.39. The zero-order valence-electron chi connectivity index (χ0n) is 17.0. The number of Topliss-reactive ketones (excluding diaryl/α,β-unsaturated/α-hetero) is 1. The molecule has 0 aliphatic heterocycles. The molecule has 5 atom stereocenters. The Bertz CT molecular complexity index is 892. The van der Waals surface area contributed by atoms with Crippen molar-refractivity contribution in [3.8, 4) is 0 Å². The van der Waals surface area contributed by atoms with E-state index in [0.717, 1.165) is 50.5 Å². The van der Waals surface area contributed by atoms with Crippen LogP contribution in [0.1, 0.15) is 57.9 Å². The Hall–Kier alpha value is -1.96. The van der Waals surface area contributed by atoms with Crippen molar-refractivity contribution in [1.29, 1.82) is 0 Å². The maximum Gasteiger partial charge on any atom is 0.181 e. The van der Waals surface area contributed by atoms with Gasteiger partial charge in [0, 0.05) is 29.2 Å². The molecule has 5 rings (SSSR count). The van der Waals surface area contributed by atoms with E-state index in [2.05, 4.69) is 32.1 Å². The van der Waals surface area contributed by atoms with Crippen LogP contribution in [0.5, 0.6) is 0 Å². The highest BCUT2D eigenvalue weighted by Crippen LogP contribution is 2.63. The molecule has 0 N–H and O–H groups in total. The minimum absolute atomic E-state index is 0.0199. The molecule has 0 heterocycles. The average Bonchev–Trinajstić information content (AvgIpc) is 2.99. The van der Waals surface area contributed by atoms with Crippen LogP contribution in [-0.4, -0.2) is 11.6 Å². The molecule has 0 aromatic heterocycles. The van der Waals surface area contributed by atoms with Crippen molar-refractivity contribution in [1.82, 2.24) is 0 Å². The fourth-order valence-corrected chi connectivity index (χ4v) is 7.10. The first-order chi connectivity index (χ1) is 13.4. The highest BCUT2D eigenvalue weighted by Gasteiger charge is 2.58. The van der Waals surface area contributed by atoms with Crippen LogP contribution in [0.2, 0.25) is 0 Å². The second-order valence-electron chi connectivity index (χ2n) is 9.98. The van der Waals surface area contributed by atoms with Gasteiger partial charge in [0.15, 0.2) is 5.78 Å². The molecule has 0 unspecified atom stereocenters. The van der Waals surface area contributed by atoms with Crippen LogP contribution >= 0.6 is 0 Å². The lowest BCUT2D eigenvalue weighted by molar-refractivity contribution is -0.131. The molecule has 0 radical (unpaired) electrons.